The number of aryl methyl sites for hydroxylation is 1. The van der Waals surface area contributed by atoms with Gasteiger partial charge in [-0.15, -0.1) is 0 Å². The molecule has 1 aromatic carbocycles. The van der Waals surface area contributed by atoms with E-state index in [1.54, 1.807) is 11.1 Å². The first-order valence-corrected chi connectivity index (χ1v) is 5.61. The van der Waals surface area contributed by atoms with E-state index < -0.39 is 0 Å². The van der Waals surface area contributed by atoms with E-state index in [0.29, 0.717) is 0 Å². The van der Waals surface area contributed by atoms with Crippen LogP contribution in [-0.2, 0) is 12.8 Å². The van der Waals surface area contributed by atoms with Crippen LogP contribution in [0.2, 0.25) is 0 Å². The molecule has 0 saturated heterocycles. The molecule has 0 heterocycles. The van der Waals surface area contributed by atoms with Crippen LogP contribution in [0.1, 0.15) is 43.4 Å². The highest BCUT2D eigenvalue weighted by Gasteiger charge is 2.13. The molecule has 0 radical (unpaired) electrons. The van der Waals surface area contributed by atoms with Crippen molar-refractivity contribution in [3.05, 3.63) is 41.0 Å². The Balaban J connectivity index is 2.32. The molecular weight excluding hydrogens is 168 g/mol. The van der Waals surface area contributed by atoms with E-state index >= 15 is 0 Å². The van der Waals surface area contributed by atoms with Crippen LogP contribution in [0.3, 0.4) is 0 Å². The standard InChI is InChI=1S/C14H18/c1-3-4-6-12-7-5-8-13-10-9-11(2)14(12)13/h5,7-9H,3-4,6,10H2,1-2H3. The van der Waals surface area contributed by atoms with Crippen molar-refractivity contribution in [3.8, 4) is 0 Å². The van der Waals surface area contributed by atoms with Gasteiger partial charge >= 0.3 is 0 Å². The van der Waals surface area contributed by atoms with Gasteiger partial charge < -0.3 is 0 Å². The second-order valence-corrected chi connectivity index (χ2v) is 4.15. The van der Waals surface area contributed by atoms with Crippen molar-refractivity contribution in [3.63, 3.8) is 0 Å². The summed E-state index contributed by atoms with van der Waals surface area (Å²) in [6, 6.07) is 6.76. The maximum atomic E-state index is 2.35. The van der Waals surface area contributed by atoms with Crippen molar-refractivity contribution in [2.45, 2.75) is 39.5 Å². The van der Waals surface area contributed by atoms with Crippen LogP contribution in [-0.4, -0.2) is 0 Å². The average molecular weight is 186 g/mol. The first-order valence-electron chi connectivity index (χ1n) is 5.61. The number of fused-ring (bicyclic) bond motifs is 1. The van der Waals surface area contributed by atoms with E-state index in [1.165, 1.54) is 30.4 Å². The predicted octanol–water partition coefficient (Wildman–Crippen LogP) is 3.99. The molecule has 0 spiro atoms. The topological polar surface area (TPSA) is 0 Å². The lowest BCUT2D eigenvalue weighted by molar-refractivity contribution is 0.793. The maximum Gasteiger partial charge on any atom is -0.00854 e. The van der Waals surface area contributed by atoms with Crippen molar-refractivity contribution in [2.75, 3.05) is 0 Å². The molecule has 1 aliphatic carbocycles. The van der Waals surface area contributed by atoms with E-state index in [9.17, 15) is 0 Å². The Kier molecular flexibility index (Phi) is 2.72. The van der Waals surface area contributed by atoms with E-state index in [2.05, 4.69) is 38.1 Å². The molecule has 0 amide bonds. The lowest BCUT2D eigenvalue weighted by Crippen LogP contribution is -1.93. The van der Waals surface area contributed by atoms with Gasteiger partial charge in [0, 0.05) is 0 Å². The van der Waals surface area contributed by atoms with Gasteiger partial charge in [0.2, 0.25) is 0 Å². The highest BCUT2D eigenvalue weighted by molar-refractivity contribution is 5.74. The Hall–Kier alpha value is -1.04. The summed E-state index contributed by atoms with van der Waals surface area (Å²) >= 11 is 0. The maximum absolute atomic E-state index is 2.35. The monoisotopic (exact) mass is 186 g/mol. The normalized spacial score (nSPS) is 14.0. The molecule has 1 aliphatic rings. The molecule has 0 fully saturated rings. The van der Waals surface area contributed by atoms with Crippen LogP contribution >= 0.6 is 0 Å². The third-order valence-corrected chi connectivity index (χ3v) is 3.06. The molecule has 0 saturated carbocycles. The molecule has 0 unspecified atom stereocenters. The summed E-state index contributed by atoms with van der Waals surface area (Å²) in [5.41, 5.74) is 6.10. The quantitative estimate of drug-likeness (QED) is 0.669. The molecule has 0 aliphatic heterocycles. The molecule has 0 heteroatoms. The Morgan fingerprint density at radius 1 is 1.29 bits per heavy atom. The molecule has 0 N–H and O–H groups in total. The molecule has 74 valence electrons. The largest absolute Gasteiger partial charge is 0.0766 e. The second-order valence-electron chi connectivity index (χ2n) is 4.15. The van der Waals surface area contributed by atoms with E-state index in [-0.39, 0.29) is 0 Å². The number of allylic oxidation sites excluding steroid dienone is 2. The molecule has 0 bridgehead atoms. The van der Waals surface area contributed by atoms with Crippen LogP contribution in [0.15, 0.2) is 24.3 Å². The lowest BCUT2D eigenvalue weighted by Gasteiger charge is -2.09. The van der Waals surface area contributed by atoms with Crippen LogP contribution in [0.4, 0.5) is 0 Å². The molecule has 0 aromatic heterocycles. The van der Waals surface area contributed by atoms with Gasteiger partial charge in [0.25, 0.3) is 0 Å². The molecule has 0 nitrogen and oxygen atoms in total. The summed E-state index contributed by atoms with van der Waals surface area (Å²) in [6.07, 6.45) is 7.32. The van der Waals surface area contributed by atoms with Crippen molar-refractivity contribution in [2.24, 2.45) is 0 Å². The molecular formula is C14H18. The van der Waals surface area contributed by atoms with Crippen LogP contribution in [0.5, 0.6) is 0 Å². The van der Waals surface area contributed by atoms with Gasteiger partial charge in [-0.25, -0.2) is 0 Å². The van der Waals surface area contributed by atoms with Gasteiger partial charge in [-0.3, -0.25) is 0 Å². The van der Waals surface area contributed by atoms with Gasteiger partial charge in [0.05, 0.1) is 0 Å². The van der Waals surface area contributed by atoms with Gasteiger partial charge in [-0.1, -0.05) is 37.6 Å². The predicted molar refractivity (Wildman–Crippen MR) is 62.4 cm³/mol. The first-order chi connectivity index (χ1) is 6.83. The van der Waals surface area contributed by atoms with E-state index in [4.69, 9.17) is 0 Å². The molecule has 2 rings (SSSR count). The fraction of sp³-hybridized carbons (Fsp3) is 0.429. The Bertz CT molecular complexity index is 358. The average Bonchev–Trinajstić information content (AvgIpc) is 2.58. The Labute approximate surface area is 86.7 Å². The van der Waals surface area contributed by atoms with Crippen LogP contribution in [0, 0.1) is 0 Å². The number of hydrogen-bond acceptors (Lipinski definition) is 0. The summed E-state index contributed by atoms with van der Waals surface area (Å²) in [7, 11) is 0. The highest BCUT2D eigenvalue weighted by atomic mass is 14.2. The number of unbranched alkanes of at least 4 members (excludes halogenated alkanes) is 1. The second kappa shape index (κ2) is 4.00. The summed E-state index contributed by atoms with van der Waals surface area (Å²) in [4.78, 5) is 0. The summed E-state index contributed by atoms with van der Waals surface area (Å²) in [5, 5.41) is 0. The van der Waals surface area contributed by atoms with Crippen molar-refractivity contribution in [1.82, 2.24) is 0 Å². The minimum absolute atomic E-state index is 1.14. The van der Waals surface area contributed by atoms with Crippen molar-refractivity contribution < 1.29 is 0 Å². The number of benzene rings is 1. The fourth-order valence-electron chi connectivity index (χ4n) is 2.27. The smallest absolute Gasteiger partial charge is 0.00854 e. The minimum Gasteiger partial charge on any atom is -0.0766 e. The van der Waals surface area contributed by atoms with Gasteiger partial charge in [-0.2, -0.15) is 0 Å². The first kappa shape index (κ1) is 9.51. The molecule has 1 aromatic rings. The fourth-order valence-corrected chi connectivity index (χ4v) is 2.27. The van der Waals surface area contributed by atoms with Gasteiger partial charge in [0.15, 0.2) is 0 Å². The number of rotatable bonds is 3. The summed E-state index contributed by atoms with van der Waals surface area (Å²) < 4.78 is 0. The number of hydrogen-bond donors (Lipinski definition) is 0. The zero-order valence-electron chi connectivity index (χ0n) is 9.14. The third kappa shape index (κ3) is 1.61. The molecule has 0 atom stereocenters. The zero-order valence-corrected chi connectivity index (χ0v) is 9.14. The Morgan fingerprint density at radius 2 is 2.14 bits per heavy atom. The van der Waals surface area contributed by atoms with Gasteiger partial charge in [-0.05, 0) is 48.4 Å². The van der Waals surface area contributed by atoms with Crippen LogP contribution in [0.25, 0.3) is 5.57 Å². The third-order valence-electron chi connectivity index (χ3n) is 3.06. The highest BCUT2D eigenvalue weighted by Crippen LogP contribution is 2.30. The molecule has 14 heavy (non-hydrogen) atoms. The van der Waals surface area contributed by atoms with Gasteiger partial charge in [0.1, 0.15) is 0 Å². The van der Waals surface area contributed by atoms with E-state index in [0.717, 1.165) is 6.42 Å². The SMILES string of the molecule is CCCCc1cccc2c1C(C)=CC2. The van der Waals surface area contributed by atoms with Crippen molar-refractivity contribution >= 4 is 5.57 Å². The lowest BCUT2D eigenvalue weighted by atomic mass is 9.96. The summed E-state index contributed by atoms with van der Waals surface area (Å²) in [6.45, 7) is 4.49. The van der Waals surface area contributed by atoms with Crippen LogP contribution < -0.4 is 0 Å². The minimum atomic E-state index is 1.14. The van der Waals surface area contributed by atoms with E-state index in [1.807, 2.05) is 0 Å². The zero-order chi connectivity index (χ0) is 9.97. The Morgan fingerprint density at radius 3 is 2.93 bits per heavy atom. The summed E-state index contributed by atoms with van der Waals surface area (Å²) in [5.74, 6) is 0. The van der Waals surface area contributed by atoms with Crippen molar-refractivity contribution in [1.29, 1.82) is 0 Å².